The fourth-order valence-corrected chi connectivity index (χ4v) is 2.70. The summed E-state index contributed by atoms with van der Waals surface area (Å²) in [6, 6.07) is 11.1. The summed E-state index contributed by atoms with van der Waals surface area (Å²) in [6.07, 6.45) is -5.42. The minimum atomic E-state index is -4.35. The summed E-state index contributed by atoms with van der Waals surface area (Å²) >= 11 is 5.78. The van der Waals surface area contributed by atoms with Gasteiger partial charge >= 0.3 is 6.18 Å². The van der Waals surface area contributed by atoms with E-state index < -0.39 is 12.6 Å². The van der Waals surface area contributed by atoms with Crippen LogP contribution >= 0.6 is 11.6 Å². The Kier molecular flexibility index (Phi) is 3.53. The van der Waals surface area contributed by atoms with Crippen LogP contribution in [0.5, 0.6) is 5.75 Å². The lowest BCUT2D eigenvalue weighted by molar-refractivity contribution is -0.126. The molecule has 0 fully saturated rings. The van der Waals surface area contributed by atoms with E-state index in [2.05, 4.69) is 4.98 Å². The minimum Gasteiger partial charge on any atom is -0.507 e. The van der Waals surface area contributed by atoms with Gasteiger partial charge in [0.1, 0.15) is 5.75 Å². The number of rotatable bonds is 2. The smallest absolute Gasteiger partial charge is 0.393 e. The highest BCUT2D eigenvalue weighted by Crippen LogP contribution is 2.39. The third-order valence-corrected chi connectivity index (χ3v) is 3.66. The number of aromatic amines is 1. The Hall–Kier alpha value is -2.14. The van der Waals surface area contributed by atoms with Crippen LogP contribution in [0.25, 0.3) is 22.2 Å². The van der Waals surface area contributed by atoms with Crippen LogP contribution in [0.4, 0.5) is 13.2 Å². The number of hydrogen-bond acceptors (Lipinski definition) is 1. The minimum absolute atomic E-state index is 0.112. The van der Waals surface area contributed by atoms with Crippen molar-refractivity contribution in [1.29, 1.82) is 0 Å². The van der Waals surface area contributed by atoms with Crippen molar-refractivity contribution in [3.63, 3.8) is 0 Å². The Morgan fingerprint density at radius 3 is 2.50 bits per heavy atom. The van der Waals surface area contributed by atoms with Gasteiger partial charge in [0.05, 0.1) is 12.1 Å². The Morgan fingerprint density at radius 1 is 1.09 bits per heavy atom. The van der Waals surface area contributed by atoms with E-state index >= 15 is 0 Å². The van der Waals surface area contributed by atoms with Gasteiger partial charge in [0.2, 0.25) is 0 Å². The molecule has 0 saturated heterocycles. The van der Waals surface area contributed by atoms with Crippen LogP contribution in [0.2, 0.25) is 5.02 Å². The quantitative estimate of drug-likeness (QED) is 0.659. The van der Waals surface area contributed by atoms with Crippen LogP contribution in [-0.2, 0) is 6.42 Å². The van der Waals surface area contributed by atoms with Gasteiger partial charge in [-0.05, 0) is 29.8 Å². The summed E-state index contributed by atoms with van der Waals surface area (Å²) in [6.45, 7) is 0. The Balaban J connectivity index is 2.26. The van der Waals surface area contributed by atoms with Crippen LogP contribution < -0.4 is 0 Å². The molecule has 3 aromatic rings. The van der Waals surface area contributed by atoms with Crippen LogP contribution in [0.3, 0.4) is 0 Å². The summed E-state index contributed by atoms with van der Waals surface area (Å²) in [7, 11) is 0. The maximum absolute atomic E-state index is 12.9. The lowest BCUT2D eigenvalue weighted by Gasteiger charge is -2.10. The van der Waals surface area contributed by atoms with Gasteiger partial charge in [-0.25, -0.2) is 0 Å². The molecule has 0 saturated carbocycles. The zero-order chi connectivity index (χ0) is 15.9. The molecule has 2 N–H and O–H groups in total. The molecule has 6 heteroatoms. The molecule has 0 atom stereocenters. The van der Waals surface area contributed by atoms with Gasteiger partial charge in [0.15, 0.2) is 0 Å². The molecule has 0 radical (unpaired) electrons. The van der Waals surface area contributed by atoms with Gasteiger partial charge in [-0.3, -0.25) is 0 Å². The first-order valence-electron chi connectivity index (χ1n) is 6.50. The number of H-pyrrole nitrogens is 1. The molecule has 0 aliphatic carbocycles. The monoisotopic (exact) mass is 325 g/mol. The lowest BCUT2D eigenvalue weighted by Crippen LogP contribution is -2.12. The number of aromatic hydroxyl groups is 1. The summed E-state index contributed by atoms with van der Waals surface area (Å²) in [5, 5.41) is 10.8. The van der Waals surface area contributed by atoms with E-state index in [1.807, 2.05) is 0 Å². The van der Waals surface area contributed by atoms with Crippen molar-refractivity contribution < 1.29 is 18.3 Å². The van der Waals surface area contributed by atoms with Crippen LogP contribution in [0, 0.1) is 0 Å². The number of phenolic OH excluding ortho intramolecular Hbond substituents is 1. The van der Waals surface area contributed by atoms with Gasteiger partial charge in [-0.2, -0.15) is 13.2 Å². The van der Waals surface area contributed by atoms with Crippen molar-refractivity contribution >= 4 is 22.5 Å². The fourth-order valence-electron chi connectivity index (χ4n) is 2.53. The molecule has 1 heterocycles. The van der Waals surface area contributed by atoms with E-state index in [4.69, 9.17) is 11.6 Å². The van der Waals surface area contributed by atoms with Gasteiger partial charge in [0.25, 0.3) is 0 Å². The average molecular weight is 326 g/mol. The highest BCUT2D eigenvalue weighted by Gasteiger charge is 2.31. The number of halogens is 4. The predicted molar refractivity (Wildman–Crippen MR) is 80.2 cm³/mol. The SMILES string of the molecule is Oc1cc(Cl)ccc1-c1[nH]c2ccccc2c1CC(F)(F)F. The number of benzene rings is 2. The molecule has 2 nitrogen and oxygen atoms in total. The average Bonchev–Trinajstić information content (AvgIpc) is 2.76. The normalized spacial score (nSPS) is 12.0. The third-order valence-electron chi connectivity index (χ3n) is 3.42. The van der Waals surface area contributed by atoms with Gasteiger partial charge in [-0.1, -0.05) is 29.8 Å². The molecule has 2 aromatic carbocycles. The standard InChI is InChI=1S/C16H11ClF3NO/c17-9-5-6-11(14(22)7-9)15-12(8-16(18,19)20)10-3-1-2-4-13(10)21-15/h1-7,21-22H,8H2. The van der Waals surface area contributed by atoms with Crippen molar-refractivity contribution in [2.75, 3.05) is 0 Å². The van der Waals surface area contributed by atoms with Crippen molar-refractivity contribution in [3.05, 3.63) is 53.1 Å². The zero-order valence-electron chi connectivity index (χ0n) is 11.2. The summed E-state index contributed by atoms with van der Waals surface area (Å²) in [4.78, 5) is 2.96. The lowest BCUT2D eigenvalue weighted by atomic mass is 10.0. The van der Waals surface area contributed by atoms with Gasteiger partial charge in [-0.15, -0.1) is 0 Å². The third kappa shape index (κ3) is 2.76. The number of para-hydroxylation sites is 1. The molecule has 0 aliphatic rings. The molecule has 0 amide bonds. The molecule has 114 valence electrons. The number of fused-ring (bicyclic) bond motifs is 1. The maximum atomic E-state index is 12.9. The van der Waals surface area contributed by atoms with Crippen molar-refractivity contribution in [2.24, 2.45) is 0 Å². The molecule has 0 spiro atoms. The Bertz CT molecular complexity index is 839. The van der Waals surface area contributed by atoms with E-state index in [1.165, 1.54) is 18.2 Å². The second kappa shape index (κ2) is 5.25. The largest absolute Gasteiger partial charge is 0.507 e. The summed E-state index contributed by atoms with van der Waals surface area (Å²) in [5.41, 5.74) is 1.25. The molecule has 0 bridgehead atoms. The predicted octanol–water partition coefficient (Wildman–Crippen LogP) is 5.30. The number of nitrogens with one attached hydrogen (secondary N) is 1. The Morgan fingerprint density at radius 2 is 1.82 bits per heavy atom. The second-order valence-electron chi connectivity index (χ2n) is 4.98. The van der Waals surface area contributed by atoms with Crippen molar-refractivity contribution in [1.82, 2.24) is 4.98 Å². The van der Waals surface area contributed by atoms with E-state index in [0.29, 0.717) is 21.5 Å². The van der Waals surface area contributed by atoms with Crippen LogP contribution in [0.15, 0.2) is 42.5 Å². The highest BCUT2D eigenvalue weighted by atomic mass is 35.5. The number of alkyl halides is 3. The first-order valence-corrected chi connectivity index (χ1v) is 6.88. The van der Waals surface area contributed by atoms with E-state index in [-0.39, 0.29) is 17.0 Å². The highest BCUT2D eigenvalue weighted by molar-refractivity contribution is 6.30. The molecule has 0 unspecified atom stereocenters. The summed E-state index contributed by atoms with van der Waals surface area (Å²) < 4.78 is 38.7. The number of phenols is 1. The fraction of sp³-hybridized carbons (Fsp3) is 0.125. The molecule has 22 heavy (non-hydrogen) atoms. The molecule has 3 rings (SSSR count). The van der Waals surface area contributed by atoms with Crippen molar-refractivity contribution in [3.8, 4) is 17.0 Å². The molecule has 1 aromatic heterocycles. The second-order valence-corrected chi connectivity index (χ2v) is 5.41. The van der Waals surface area contributed by atoms with E-state index in [0.717, 1.165) is 0 Å². The molecule has 0 aliphatic heterocycles. The maximum Gasteiger partial charge on any atom is 0.393 e. The summed E-state index contributed by atoms with van der Waals surface area (Å²) in [5.74, 6) is -0.164. The molecular weight excluding hydrogens is 315 g/mol. The number of aromatic nitrogens is 1. The number of hydrogen-bond donors (Lipinski definition) is 2. The van der Waals surface area contributed by atoms with Crippen LogP contribution in [0.1, 0.15) is 5.56 Å². The van der Waals surface area contributed by atoms with E-state index in [9.17, 15) is 18.3 Å². The Labute approximate surface area is 129 Å². The first-order chi connectivity index (χ1) is 10.3. The first kappa shape index (κ1) is 14.8. The molecular formula is C16H11ClF3NO. The van der Waals surface area contributed by atoms with Crippen LogP contribution in [-0.4, -0.2) is 16.3 Å². The van der Waals surface area contributed by atoms with Gasteiger partial charge in [0, 0.05) is 21.5 Å². The zero-order valence-corrected chi connectivity index (χ0v) is 12.0. The topological polar surface area (TPSA) is 36.0 Å². The van der Waals surface area contributed by atoms with Crippen molar-refractivity contribution in [2.45, 2.75) is 12.6 Å². The van der Waals surface area contributed by atoms with E-state index in [1.54, 1.807) is 24.3 Å². The van der Waals surface area contributed by atoms with Gasteiger partial charge < -0.3 is 10.1 Å².